The molecule has 0 aliphatic rings. The Labute approximate surface area is 111 Å². The van der Waals surface area contributed by atoms with Crippen LogP contribution in [-0.4, -0.2) is 35.6 Å². The summed E-state index contributed by atoms with van der Waals surface area (Å²) in [5, 5.41) is 7.86. The molecule has 0 spiro atoms. The summed E-state index contributed by atoms with van der Waals surface area (Å²) in [5.74, 6) is 0. The molecule has 1 unspecified atom stereocenters. The van der Waals surface area contributed by atoms with E-state index in [2.05, 4.69) is 30.5 Å². The predicted molar refractivity (Wildman–Crippen MR) is 74.8 cm³/mol. The fraction of sp³-hybridized carbons (Fsp3) is 0.786. The molecule has 0 radical (unpaired) electrons. The number of nitrogens with one attached hydrogen (secondary N) is 1. The maximum Gasteiger partial charge on any atom is 0.0522 e. The maximum atomic E-state index is 5.39. The quantitative estimate of drug-likeness (QED) is 0.650. The van der Waals surface area contributed by atoms with Gasteiger partial charge in [-0.1, -0.05) is 6.92 Å². The molecule has 1 aromatic rings. The molecule has 0 amide bonds. The molecule has 4 nitrogen and oxygen atoms in total. The van der Waals surface area contributed by atoms with Crippen molar-refractivity contribution in [1.82, 2.24) is 15.1 Å². The summed E-state index contributed by atoms with van der Waals surface area (Å²) >= 11 is 0. The highest BCUT2D eigenvalue weighted by molar-refractivity contribution is 5.06. The van der Waals surface area contributed by atoms with Gasteiger partial charge in [0.2, 0.25) is 0 Å². The minimum atomic E-state index is 0.532. The van der Waals surface area contributed by atoms with E-state index in [0.717, 1.165) is 45.6 Å². The van der Waals surface area contributed by atoms with Gasteiger partial charge in [0.25, 0.3) is 0 Å². The molecular weight excluding hydrogens is 226 g/mol. The zero-order chi connectivity index (χ0) is 13.2. The topological polar surface area (TPSA) is 39.1 Å². The van der Waals surface area contributed by atoms with Crippen LogP contribution in [0.25, 0.3) is 0 Å². The van der Waals surface area contributed by atoms with Crippen molar-refractivity contribution < 1.29 is 4.74 Å². The van der Waals surface area contributed by atoms with E-state index in [-0.39, 0.29) is 0 Å². The first-order valence-corrected chi connectivity index (χ1v) is 7.12. The molecule has 0 aliphatic carbocycles. The second-order valence-electron chi connectivity index (χ2n) is 4.50. The largest absolute Gasteiger partial charge is 0.382 e. The zero-order valence-electron chi connectivity index (χ0n) is 12.0. The molecule has 0 fully saturated rings. The molecule has 4 heteroatoms. The molecule has 104 valence electrons. The Balaban J connectivity index is 2.36. The second-order valence-corrected chi connectivity index (χ2v) is 4.50. The first-order valence-electron chi connectivity index (χ1n) is 7.12. The zero-order valence-corrected chi connectivity index (χ0v) is 12.0. The summed E-state index contributed by atoms with van der Waals surface area (Å²) in [6, 6.07) is 0.532. The van der Waals surface area contributed by atoms with Crippen molar-refractivity contribution in [3.63, 3.8) is 0 Å². The van der Waals surface area contributed by atoms with Crippen LogP contribution in [0, 0.1) is 0 Å². The number of nitrogens with zero attached hydrogens (tertiary/aromatic N) is 2. The maximum absolute atomic E-state index is 5.39. The molecule has 1 rings (SSSR count). The number of likely N-dealkylation sites (N-methyl/N-ethyl adjacent to an activating group) is 1. The van der Waals surface area contributed by atoms with E-state index >= 15 is 0 Å². The molecule has 1 heterocycles. The van der Waals surface area contributed by atoms with E-state index in [9.17, 15) is 0 Å². The van der Waals surface area contributed by atoms with Crippen LogP contribution in [0.15, 0.2) is 12.4 Å². The van der Waals surface area contributed by atoms with Gasteiger partial charge in [0.05, 0.1) is 6.20 Å². The van der Waals surface area contributed by atoms with Crippen molar-refractivity contribution in [2.45, 2.75) is 52.6 Å². The van der Waals surface area contributed by atoms with Crippen molar-refractivity contribution in [2.24, 2.45) is 0 Å². The monoisotopic (exact) mass is 253 g/mol. The van der Waals surface area contributed by atoms with Crippen molar-refractivity contribution in [2.75, 3.05) is 19.8 Å². The van der Waals surface area contributed by atoms with Gasteiger partial charge in [-0.3, -0.25) is 4.68 Å². The number of hydrogen-bond donors (Lipinski definition) is 1. The van der Waals surface area contributed by atoms with Gasteiger partial charge in [0, 0.05) is 32.0 Å². The molecule has 1 atom stereocenters. The highest BCUT2D eigenvalue weighted by Gasteiger charge is 2.09. The lowest BCUT2D eigenvalue weighted by molar-refractivity contribution is 0.141. The molecule has 1 aromatic heterocycles. The normalized spacial score (nSPS) is 12.8. The van der Waals surface area contributed by atoms with Crippen LogP contribution in [0.4, 0.5) is 0 Å². The Morgan fingerprint density at radius 3 is 2.83 bits per heavy atom. The highest BCUT2D eigenvalue weighted by atomic mass is 16.5. The minimum absolute atomic E-state index is 0.532. The van der Waals surface area contributed by atoms with Gasteiger partial charge in [0.15, 0.2) is 0 Å². The molecule has 0 saturated heterocycles. The first kappa shape index (κ1) is 15.2. The van der Waals surface area contributed by atoms with Crippen LogP contribution < -0.4 is 5.32 Å². The van der Waals surface area contributed by atoms with Crippen LogP contribution in [-0.2, 0) is 17.7 Å². The van der Waals surface area contributed by atoms with Gasteiger partial charge in [0.1, 0.15) is 0 Å². The van der Waals surface area contributed by atoms with Crippen molar-refractivity contribution in [1.29, 1.82) is 0 Å². The lowest BCUT2D eigenvalue weighted by atomic mass is 10.0. The van der Waals surface area contributed by atoms with Gasteiger partial charge in [-0.25, -0.2) is 0 Å². The van der Waals surface area contributed by atoms with Crippen LogP contribution in [0.3, 0.4) is 0 Å². The summed E-state index contributed by atoms with van der Waals surface area (Å²) in [7, 11) is 0. The van der Waals surface area contributed by atoms with Gasteiger partial charge in [-0.15, -0.1) is 0 Å². The number of hydrogen-bond acceptors (Lipinski definition) is 3. The molecule has 0 bridgehead atoms. The Bertz CT molecular complexity index is 312. The van der Waals surface area contributed by atoms with E-state index in [1.165, 1.54) is 5.56 Å². The molecule has 0 saturated carbocycles. The first-order chi connectivity index (χ1) is 8.80. The summed E-state index contributed by atoms with van der Waals surface area (Å²) in [6.45, 7) is 9.95. The molecule has 18 heavy (non-hydrogen) atoms. The fourth-order valence-electron chi connectivity index (χ4n) is 2.11. The van der Waals surface area contributed by atoms with Crippen molar-refractivity contribution in [3.05, 3.63) is 18.0 Å². The van der Waals surface area contributed by atoms with Crippen LogP contribution in [0.5, 0.6) is 0 Å². The number of aromatic nitrogens is 2. The second kappa shape index (κ2) is 9.11. The van der Waals surface area contributed by atoms with E-state index in [0.29, 0.717) is 6.04 Å². The summed E-state index contributed by atoms with van der Waals surface area (Å²) in [6.07, 6.45) is 7.46. The Morgan fingerprint density at radius 2 is 2.22 bits per heavy atom. The minimum Gasteiger partial charge on any atom is -0.382 e. The average Bonchev–Trinajstić information content (AvgIpc) is 2.82. The van der Waals surface area contributed by atoms with Gasteiger partial charge in [-0.2, -0.15) is 5.10 Å². The fourth-order valence-corrected chi connectivity index (χ4v) is 2.11. The predicted octanol–water partition coefficient (Wildman–Crippen LogP) is 2.24. The number of rotatable bonds is 10. The standard InChI is InChI=1S/C14H27N3O/c1-4-15-14(8-7-9-18-6-3)10-13-11-16-17(5-2)12-13/h11-12,14-15H,4-10H2,1-3H3. The van der Waals surface area contributed by atoms with Gasteiger partial charge >= 0.3 is 0 Å². The average molecular weight is 253 g/mol. The van der Waals surface area contributed by atoms with E-state index in [1.807, 2.05) is 17.8 Å². The lowest BCUT2D eigenvalue weighted by Gasteiger charge is -2.16. The van der Waals surface area contributed by atoms with E-state index in [1.54, 1.807) is 0 Å². The molecule has 0 aliphatic heterocycles. The SMILES string of the molecule is CCNC(CCCOCC)Cc1cnn(CC)c1. The van der Waals surface area contributed by atoms with Crippen molar-refractivity contribution >= 4 is 0 Å². The third kappa shape index (κ3) is 5.65. The van der Waals surface area contributed by atoms with E-state index in [4.69, 9.17) is 4.74 Å². The van der Waals surface area contributed by atoms with Crippen LogP contribution in [0.2, 0.25) is 0 Å². The third-order valence-corrected chi connectivity index (χ3v) is 3.03. The number of aryl methyl sites for hydroxylation is 1. The van der Waals surface area contributed by atoms with E-state index < -0.39 is 0 Å². The van der Waals surface area contributed by atoms with Gasteiger partial charge in [-0.05, 0) is 45.2 Å². The number of ether oxygens (including phenoxy) is 1. The Hall–Kier alpha value is -0.870. The summed E-state index contributed by atoms with van der Waals surface area (Å²) in [4.78, 5) is 0. The molecular formula is C14H27N3O. The smallest absolute Gasteiger partial charge is 0.0522 e. The molecule has 0 aromatic carbocycles. The van der Waals surface area contributed by atoms with Crippen LogP contribution in [0.1, 0.15) is 39.2 Å². The molecule has 1 N–H and O–H groups in total. The third-order valence-electron chi connectivity index (χ3n) is 3.03. The van der Waals surface area contributed by atoms with Crippen molar-refractivity contribution in [3.8, 4) is 0 Å². The lowest BCUT2D eigenvalue weighted by Crippen LogP contribution is -2.31. The highest BCUT2D eigenvalue weighted by Crippen LogP contribution is 2.07. The Morgan fingerprint density at radius 1 is 1.39 bits per heavy atom. The van der Waals surface area contributed by atoms with Crippen LogP contribution >= 0.6 is 0 Å². The Kier molecular flexibility index (Phi) is 7.69. The summed E-state index contributed by atoms with van der Waals surface area (Å²) in [5.41, 5.74) is 1.32. The van der Waals surface area contributed by atoms with Gasteiger partial charge < -0.3 is 10.1 Å². The summed E-state index contributed by atoms with van der Waals surface area (Å²) < 4.78 is 7.37.